The smallest absolute Gasteiger partial charge is 0.247 e. The van der Waals surface area contributed by atoms with Crippen molar-refractivity contribution in [2.45, 2.75) is 13.1 Å². The van der Waals surface area contributed by atoms with Gasteiger partial charge in [-0.15, -0.1) is 10.2 Å². The summed E-state index contributed by atoms with van der Waals surface area (Å²) in [5.41, 5.74) is 0.913. The zero-order valence-electron chi connectivity index (χ0n) is 10.1. The second-order valence-corrected chi connectivity index (χ2v) is 3.95. The maximum Gasteiger partial charge on any atom is 0.247 e. The predicted molar refractivity (Wildman–Crippen MR) is 66.8 cm³/mol. The van der Waals surface area contributed by atoms with Gasteiger partial charge in [0.05, 0.1) is 19.3 Å². The molecule has 6 nitrogen and oxygen atoms in total. The summed E-state index contributed by atoms with van der Waals surface area (Å²) in [4.78, 5) is 0. The lowest BCUT2D eigenvalue weighted by atomic mass is 10.2. The standard InChI is InChI=1S/C13H12N4O2/c1-2-4-10(5-3-1)13-17-16-12(18-13)9-14-8-11-6-7-15-19-11/h1-7,14H,8-9H2. The Bertz CT molecular complexity index is 619. The molecule has 1 N–H and O–H groups in total. The highest BCUT2D eigenvalue weighted by Crippen LogP contribution is 2.16. The van der Waals surface area contributed by atoms with Crippen LogP contribution in [0.2, 0.25) is 0 Å². The molecule has 0 radical (unpaired) electrons. The van der Waals surface area contributed by atoms with E-state index >= 15 is 0 Å². The Morgan fingerprint density at radius 3 is 2.68 bits per heavy atom. The largest absolute Gasteiger partial charge is 0.419 e. The van der Waals surface area contributed by atoms with Gasteiger partial charge in [0, 0.05) is 11.6 Å². The van der Waals surface area contributed by atoms with Crippen LogP contribution >= 0.6 is 0 Å². The van der Waals surface area contributed by atoms with Crippen LogP contribution in [-0.4, -0.2) is 15.4 Å². The average molecular weight is 256 g/mol. The predicted octanol–water partition coefficient (Wildman–Crippen LogP) is 2.01. The van der Waals surface area contributed by atoms with Crippen molar-refractivity contribution < 1.29 is 8.94 Å². The Balaban J connectivity index is 1.59. The van der Waals surface area contributed by atoms with Crippen LogP contribution in [0.15, 0.2) is 51.5 Å². The second kappa shape index (κ2) is 5.45. The number of hydrogen-bond acceptors (Lipinski definition) is 6. The minimum atomic E-state index is 0.487. The van der Waals surface area contributed by atoms with Crippen LogP contribution in [0.5, 0.6) is 0 Å². The van der Waals surface area contributed by atoms with Crippen LogP contribution in [0.25, 0.3) is 11.5 Å². The van der Waals surface area contributed by atoms with Crippen LogP contribution in [-0.2, 0) is 13.1 Å². The Kier molecular flexibility index (Phi) is 3.33. The number of nitrogens with one attached hydrogen (secondary N) is 1. The maximum atomic E-state index is 5.56. The lowest BCUT2D eigenvalue weighted by Crippen LogP contribution is -2.12. The minimum Gasteiger partial charge on any atom is -0.419 e. The highest BCUT2D eigenvalue weighted by molar-refractivity contribution is 5.51. The molecule has 0 aliphatic heterocycles. The normalized spacial score (nSPS) is 10.7. The lowest BCUT2D eigenvalue weighted by molar-refractivity contribution is 0.368. The molecule has 1 aromatic carbocycles. The highest BCUT2D eigenvalue weighted by atomic mass is 16.5. The molecule has 6 heteroatoms. The van der Waals surface area contributed by atoms with Gasteiger partial charge >= 0.3 is 0 Å². The SMILES string of the molecule is c1ccc(-c2nnc(CNCc3ccno3)o2)cc1. The molecule has 2 heterocycles. The topological polar surface area (TPSA) is 77.0 Å². The first-order valence-electron chi connectivity index (χ1n) is 5.90. The molecule has 0 aliphatic rings. The third kappa shape index (κ3) is 2.86. The fourth-order valence-corrected chi connectivity index (χ4v) is 1.65. The van der Waals surface area contributed by atoms with Gasteiger partial charge in [0.15, 0.2) is 0 Å². The zero-order valence-corrected chi connectivity index (χ0v) is 10.1. The van der Waals surface area contributed by atoms with Crippen LogP contribution < -0.4 is 5.32 Å². The summed E-state index contributed by atoms with van der Waals surface area (Å²) < 4.78 is 10.5. The van der Waals surface area contributed by atoms with Crippen molar-refractivity contribution in [1.82, 2.24) is 20.7 Å². The monoisotopic (exact) mass is 256 g/mol. The number of rotatable bonds is 5. The van der Waals surface area contributed by atoms with Crippen molar-refractivity contribution in [3.63, 3.8) is 0 Å². The Morgan fingerprint density at radius 2 is 1.89 bits per heavy atom. The molecule has 0 bridgehead atoms. The van der Waals surface area contributed by atoms with E-state index in [9.17, 15) is 0 Å². The van der Waals surface area contributed by atoms with Crippen LogP contribution in [0.3, 0.4) is 0 Å². The molecule has 3 rings (SSSR count). The van der Waals surface area contributed by atoms with Crippen molar-refractivity contribution in [2.24, 2.45) is 0 Å². The summed E-state index contributed by atoms with van der Waals surface area (Å²) in [6, 6.07) is 11.5. The molecule has 0 saturated carbocycles. The molecule has 0 amide bonds. The van der Waals surface area contributed by atoms with E-state index in [2.05, 4.69) is 20.7 Å². The van der Waals surface area contributed by atoms with E-state index in [1.165, 1.54) is 0 Å². The number of benzene rings is 1. The van der Waals surface area contributed by atoms with E-state index < -0.39 is 0 Å². The van der Waals surface area contributed by atoms with Gasteiger partial charge in [0.1, 0.15) is 5.76 Å². The molecule has 3 aromatic rings. The second-order valence-electron chi connectivity index (χ2n) is 3.95. The first kappa shape index (κ1) is 11.6. The molecule has 0 unspecified atom stereocenters. The quantitative estimate of drug-likeness (QED) is 0.752. The van der Waals surface area contributed by atoms with Gasteiger partial charge in [-0.05, 0) is 12.1 Å². The maximum absolute atomic E-state index is 5.56. The van der Waals surface area contributed by atoms with E-state index in [1.54, 1.807) is 12.3 Å². The summed E-state index contributed by atoms with van der Waals surface area (Å²) in [5.74, 6) is 1.83. The highest BCUT2D eigenvalue weighted by Gasteiger charge is 2.07. The van der Waals surface area contributed by atoms with Gasteiger partial charge in [0.25, 0.3) is 0 Å². The first-order valence-corrected chi connectivity index (χ1v) is 5.90. The summed E-state index contributed by atoms with van der Waals surface area (Å²) in [5, 5.41) is 14.8. The number of aromatic nitrogens is 3. The molecule has 96 valence electrons. The van der Waals surface area contributed by atoms with Crippen LogP contribution in [0.4, 0.5) is 0 Å². The molecule has 0 aliphatic carbocycles. The van der Waals surface area contributed by atoms with E-state index in [1.807, 2.05) is 30.3 Å². The van der Waals surface area contributed by atoms with Gasteiger partial charge in [-0.1, -0.05) is 23.4 Å². The van der Waals surface area contributed by atoms with Crippen molar-refractivity contribution in [3.8, 4) is 11.5 Å². The van der Waals surface area contributed by atoms with E-state index in [4.69, 9.17) is 8.94 Å². The van der Waals surface area contributed by atoms with Crippen molar-refractivity contribution in [1.29, 1.82) is 0 Å². The van der Waals surface area contributed by atoms with Gasteiger partial charge in [-0.2, -0.15) is 0 Å². The summed E-state index contributed by atoms with van der Waals surface area (Å²) in [6.07, 6.45) is 1.61. The van der Waals surface area contributed by atoms with Gasteiger partial charge in [-0.25, -0.2) is 0 Å². The first-order chi connectivity index (χ1) is 9.42. The zero-order chi connectivity index (χ0) is 12.9. The fraction of sp³-hybridized carbons (Fsp3) is 0.154. The van der Waals surface area contributed by atoms with Gasteiger partial charge in [-0.3, -0.25) is 0 Å². The summed E-state index contributed by atoms with van der Waals surface area (Å²) in [7, 11) is 0. The summed E-state index contributed by atoms with van der Waals surface area (Å²) in [6.45, 7) is 1.06. The van der Waals surface area contributed by atoms with E-state index in [-0.39, 0.29) is 0 Å². The Labute approximate surface area is 109 Å². The van der Waals surface area contributed by atoms with E-state index in [0.717, 1.165) is 11.3 Å². The fourth-order valence-electron chi connectivity index (χ4n) is 1.65. The Morgan fingerprint density at radius 1 is 1.00 bits per heavy atom. The van der Waals surface area contributed by atoms with Crippen molar-refractivity contribution in [3.05, 3.63) is 54.2 Å². The average Bonchev–Trinajstić information content (AvgIpc) is 3.11. The van der Waals surface area contributed by atoms with Gasteiger partial charge < -0.3 is 14.3 Å². The van der Waals surface area contributed by atoms with Gasteiger partial charge in [0.2, 0.25) is 11.8 Å². The molecule has 19 heavy (non-hydrogen) atoms. The molecule has 0 saturated heterocycles. The molecular formula is C13H12N4O2. The molecular weight excluding hydrogens is 244 g/mol. The molecule has 2 aromatic heterocycles. The lowest BCUT2D eigenvalue weighted by Gasteiger charge is -1.97. The van der Waals surface area contributed by atoms with Crippen LogP contribution in [0, 0.1) is 0 Å². The Hall–Kier alpha value is -2.47. The minimum absolute atomic E-state index is 0.487. The molecule has 0 fully saturated rings. The third-order valence-electron chi connectivity index (χ3n) is 2.55. The number of hydrogen-bond donors (Lipinski definition) is 1. The van der Waals surface area contributed by atoms with Crippen molar-refractivity contribution in [2.75, 3.05) is 0 Å². The van der Waals surface area contributed by atoms with E-state index in [0.29, 0.717) is 24.9 Å². The third-order valence-corrected chi connectivity index (χ3v) is 2.55. The number of nitrogens with zero attached hydrogens (tertiary/aromatic N) is 3. The molecule has 0 atom stereocenters. The van der Waals surface area contributed by atoms with Crippen molar-refractivity contribution >= 4 is 0 Å². The van der Waals surface area contributed by atoms with Crippen LogP contribution in [0.1, 0.15) is 11.7 Å². The molecule has 0 spiro atoms. The summed E-state index contributed by atoms with van der Waals surface area (Å²) >= 11 is 0.